The number of thiazole rings is 1. The molecule has 1 aliphatic rings. The fraction of sp³-hybridized carbons (Fsp3) is 0.250. The second-order valence-electron chi connectivity index (χ2n) is 6.82. The molecule has 3 aromatic rings. The summed E-state index contributed by atoms with van der Waals surface area (Å²) in [5.74, 6) is -0.157. The molecule has 0 radical (unpaired) electrons. The van der Waals surface area contributed by atoms with Gasteiger partial charge in [0.05, 0.1) is 16.1 Å². The van der Waals surface area contributed by atoms with E-state index in [1.54, 1.807) is 35.6 Å². The Labute approximate surface area is 161 Å². The number of anilines is 3. The summed E-state index contributed by atoms with van der Waals surface area (Å²) in [5.41, 5.74) is 3.67. The Morgan fingerprint density at radius 3 is 2.41 bits per heavy atom. The first-order valence-corrected chi connectivity index (χ1v) is 9.60. The molecule has 0 spiro atoms. The van der Waals surface area contributed by atoms with Crippen LogP contribution in [0.5, 0.6) is 0 Å². The predicted molar refractivity (Wildman–Crippen MR) is 109 cm³/mol. The molecule has 1 aliphatic heterocycles. The Morgan fingerprint density at radius 1 is 1.07 bits per heavy atom. The highest BCUT2D eigenvalue weighted by atomic mass is 32.1. The molecular weight excluding hydrogens is 360 g/mol. The summed E-state index contributed by atoms with van der Waals surface area (Å²) >= 11 is 1.67. The van der Waals surface area contributed by atoms with Gasteiger partial charge >= 0.3 is 0 Å². The molecule has 4 rings (SSSR count). The average molecular weight is 380 g/mol. The van der Waals surface area contributed by atoms with Crippen LogP contribution in [-0.4, -0.2) is 29.9 Å². The van der Waals surface area contributed by atoms with E-state index >= 15 is 0 Å². The second-order valence-corrected chi connectivity index (χ2v) is 7.83. The second kappa shape index (κ2) is 7.00. The van der Waals surface area contributed by atoms with Crippen LogP contribution >= 0.6 is 11.3 Å². The van der Waals surface area contributed by atoms with Crippen LogP contribution in [0.2, 0.25) is 0 Å². The average Bonchev–Trinajstić information content (AvgIpc) is 2.97. The molecule has 2 amide bonds. The quantitative estimate of drug-likeness (QED) is 0.725. The number of hydrogen-bond donors (Lipinski definition) is 2. The minimum atomic E-state index is -0.119. The number of amides is 2. The highest BCUT2D eigenvalue weighted by Gasteiger charge is 2.34. The number of nitrogens with one attached hydrogen (secondary N) is 2. The summed E-state index contributed by atoms with van der Waals surface area (Å²) in [6, 6.07) is 13.4. The molecule has 27 heavy (non-hydrogen) atoms. The van der Waals surface area contributed by atoms with Gasteiger partial charge in [0.15, 0.2) is 5.13 Å². The molecule has 2 N–H and O–H groups in total. The van der Waals surface area contributed by atoms with Crippen molar-refractivity contribution in [2.75, 3.05) is 28.6 Å². The zero-order chi connectivity index (χ0) is 19.0. The SMILES string of the molecule is CC(=O)Nc1ccc(NC(=O)C2CN(c3nc4ccc(C)cc4s3)C2)cc1. The van der Waals surface area contributed by atoms with E-state index in [4.69, 9.17) is 0 Å². The maximum Gasteiger partial charge on any atom is 0.231 e. The normalized spacial score (nSPS) is 14.1. The molecule has 1 aromatic heterocycles. The van der Waals surface area contributed by atoms with E-state index < -0.39 is 0 Å². The first-order valence-electron chi connectivity index (χ1n) is 8.78. The van der Waals surface area contributed by atoms with Crippen molar-refractivity contribution in [3.05, 3.63) is 48.0 Å². The molecule has 1 saturated heterocycles. The number of carbonyl (C=O) groups is 2. The standard InChI is InChI=1S/C20H20N4O2S/c1-12-3-8-17-18(9-12)27-20(23-17)24-10-14(11-24)19(26)22-16-6-4-15(5-7-16)21-13(2)25/h3-9,14H,10-11H2,1-2H3,(H,21,25)(H,22,26). The van der Waals surface area contributed by atoms with Crippen molar-refractivity contribution in [2.24, 2.45) is 5.92 Å². The fourth-order valence-electron chi connectivity index (χ4n) is 3.04. The van der Waals surface area contributed by atoms with Crippen LogP contribution in [0.3, 0.4) is 0 Å². The van der Waals surface area contributed by atoms with E-state index in [1.165, 1.54) is 17.2 Å². The van der Waals surface area contributed by atoms with Crippen molar-refractivity contribution in [2.45, 2.75) is 13.8 Å². The number of aromatic nitrogens is 1. The van der Waals surface area contributed by atoms with Gasteiger partial charge in [-0.15, -0.1) is 0 Å². The van der Waals surface area contributed by atoms with Crippen molar-refractivity contribution in [3.8, 4) is 0 Å². The van der Waals surface area contributed by atoms with Crippen LogP contribution in [0, 0.1) is 12.8 Å². The van der Waals surface area contributed by atoms with Crippen molar-refractivity contribution >= 4 is 49.9 Å². The lowest BCUT2D eigenvalue weighted by Crippen LogP contribution is -2.52. The Bertz CT molecular complexity index is 1010. The maximum atomic E-state index is 12.4. The van der Waals surface area contributed by atoms with Crippen molar-refractivity contribution < 1.29 is 9.59 Å². The Kier molecular flexibility index (Phi) is 4.53. The van der Waals surface area contributed by atoms with E-state index in [0.717, 1.165) is 16.3 Å². The maximum absolute atomic E-state index is 12.4. The number of nitrogens with zero attached hydrogens (tertiary/aromatic N) is 2. The molecule has 2 aromatic carbocycles. The van der Waals surface area contributed by atoms with E-state index in [-0.39, 0.29) is 17.7 Å². The molecule has 0 unspecified atom stereocenters. The number of fused-ring (bicyclic) bond motifs is 1. The van der Waals surface area contributed by atoms with Gasteiger partial charge in [0, 0.05) is 31.4 Å². The van der Waals surface area contributed by atoms with Gasteiger partial charge in [-0.3, -0.25) is 9.59 Å². The summed E-state index contributed by atoms with van der Waals surface area (Å²) < 4.78 is 1.18. The topological polar surface area (TPSA) is 74.3 Å². The highest BCUT2D eigenvalue weighted by Crippen LogP contribution is 2.33. The summed E-state index contributed by atoms with van der Waals surface area (Å²) in [6.45, 7) is 4.89. The molecular formula is C20H20N4O2S. The largest absolute Gasteiger partial charge is 0.346 e. The van der Waals surface area contributed by atoms with Gasteiger partial charge in [0.2, 0.25) is 11.8 Å². The van der Waals surface area contributed by atoms with Crippen molar-refractivity contribution in [1.29, 1.82) is 0 Å². The van der Waals surface area contributed by atoms with Crippen LogP contribution in [0.4, 0.5) is 16.5 Å². The number of aryl methyl sites for hydroxylation is 1. The monoisotopic (exact) mass is 380 g/mol. The van der Waals surface area contributed by atoms with Gasteiger partial charge in [0.1, 0.15) is 0 Å². The van der Waals surface area contributed by atoms with Crippen LogP contribution in [0.15, 0.2) is 42.5 Å². The Hall–Kier alpha value is -2.93. The van der Waals surface area contributed by atoms with Crippen LogP contribution in [0.25, 0.3) is 10.2 Å². The van der Waals surface area contributed by atoms with Gasteiger partial charge in [-0.1, -0.05) is 17.4 Å². The number of benzene rings is 2. The zero-order valence-electron chi connectivity index (χ0n) is 15.2. The predicted octanol–water partition coefficient (Wildman–Crippen LogP) is 3.64. The zero-order valence-corrected chi connectivity index (χ0v) is 16.0. The number of carbonyl (C=O) groups excluding carboxylic acids is 2. The van der Waals surface area contributed by atoms with Gasteiger partial charge in [0.25, 0.3) is 0 Å². The molecule has 7 heteroatoms. The molecule has 0 aliphatic carbocycles. The molecule has 138 valence electrons. The van der Waals surface area contributed by atoms with E-state index in [0.29, 0.717) is 18.8 Å². The lowest BCUT2D eigenvalue weighted by molar-refractivity contribution is -0.120. The summed E-state index contributed by atoms with van der Waals surface area (Å²) in [4.78, 5) is 30.3. The van der Waals surface area contributed by atoms with Crippen molar-refractivity contribution in [1.82, 2.24) is 4.98 Å². The van der Waals surface area contributed by atoms with E-state index in [1.807, 2.05) is 6.07 Å². The lowest BCUT2D eigenvalue weighted by atomic mass is 10.00. The third-order valence-corrected chi connectivity index (χ3v) is 5.61. The van der Waals surface area contributed by atoms with Crippen LogP contribution in [-0.2, 0) is 9.59 Å². The Morgan fingerprint density at radius 2 is 1.74 bits per heavy atom. The first kappa shape index (κ1) is 17.5. The van der Waals surface area contributed by atoms with Crippen molar-refractivity contribution in [3.63, 3.8) is 0 Å². The smallest absolute Gasteiger partial charge is 0.231 e. The third-order valence-electron chi connectivity index (χ3n) is 4.53. The van der Waals surface area contributed by atoms with Gasteiger partial charge in [-0.25, -0.2) is 4.98 Å². The highest BCUT2D eigenvalue weighted by molar-refractivity contribution is 7.22. The molecule has 0 bridgehead atoms. The molecule has 1 fully saturated rings. The molecule has 6 nitrogen and oxygen atoms in total. The third kappa shape index (κ3) is 3.78. The fourth-order valence-corrected chi connectivity index (χ4v) is 4.12. The van der Waals surface area contributed by atoms with Gasteiger partial charge in [-0.05, 0) is 48.9 Å². The number of rotatable bonds is 4. The van der Waals surface area contributed by atoms with E-state index in [2.05, 4.69) is 39.6 Å². The minimum Gasteiger partial charge on any atom is -0.346 e. The molecule has 0 saturated carbocycles. The summed E-state index contributed by atoms with van der Waals surface area (Å²) in [6.07, 6.45) is 0. The van der Waals surface area contributed by atoms with Gasteiger partial charge < -0.3 is 15.5 Å². The summed E-state index contributed by atoms with van der Waals surface area (Å²) in [5, 5.41) is 6.61. The first-order chi connectivity index (χ1) is 13.0. The molecule has 2 heterocycles. The van der Waals surface area contributed by atoms with Gasteiger partial charge in [-0.2, -0.15) is 0 Å². The van der Waals surface area contributed by atoms with Crippen LogP contribution < -0.4 is 15.5 Å². The summed E-state index contributed by atoms with van der Waals surface area (Å²) in [7, 11) is 0. The van der Waals surface area contributed by atoms with E-state index in [9.17, 15) is 9.59 Å². The Balaban J connectivity index is 1.34. The molecule has 0 atom stereocenters. The lowest BCUT2D eigenvalue weighted by Gasteiger charge is -2.37. The minimum absolute atomic E-state index is 0.00971. The van der Waals surface area contributed by atoms with Crippen LogP contribution in [0.1, 0.15) is 12.5 Å². The number of hydrogen-bond acceptors (Lipinski definition) is 5.